The topological polar surface area (TPSA) is 46.5 Å². The van der Waals surface area contributed by atoms with Crippen molar-refractivity contribution in [3.05, 3.63) is 64.1 Å². The Hall–Kier alpha value is -2.17. The molecule has 0 amide bonds. The van der Waals surface area contributed by atoms with Crippen LogP contribution < -0.4 is 0 Å². The summed E-state index contributed by atoms with van der Waals surface area (Å²) in [5, 5.41) is 10.9. The van der Waals surface area contributed by atoms with E-state index in [1.807, 2.05) is 32.0 Å². The molecule has 2 aliphatic rings. The van der Waals surface area contributed by atoms with Crippen molar-refractivity contribution >= 4 is 23.0 Å². The van der Waals surface area contributed by atoms with Gasteiger partial charge in [0, 0.05) is 0 Å². The monoisotopic (exact) mass is 386 g/mol. The molecule has 2 bridgehead atoms. The van der Waals surface area contributed by atoms with E-state index in [9.17, 15) is 14.3 Å². The molecule has 2 aliphatic heterocycles. The van der Waals surface area contributed by atoms with Crippen LogP contribution in [0.4, 0.5) is 4.39 Å². The second-order valence-electron chi connectivity index (χ2n) is 7.32. The number of ether oxygens (including phenoxy) is 1. The normalized spacial score (nSPS) is 24.6. The Labute approximate surface area is 162 Å². The molecule has 2 atom stereocenters. The fourth-order valence-corrected chi connectivity index (χ4v) is 4.10. The summed E-state index contributed by atoms with van der Waals surface area (Å²) in [5.74, 6) is -0.621. The number of carbonyl (C=O) groups is 1. The lowest BCUT2D eigenvalue weighted by Gasteiger charge is -2.31. The van der Waals surface area contributed by atoms with Crippen LogP contribution in [0.1, 0.15) is 37.8 Å². The molecule has 4 rings (SSSR count). The molecule has 2 unspecified atom stereocenters. The maximum Gasteiger partial charge on any atom is 0.195 e. The van der Waals surface area contributed by atoms with E-state index < -0.39 is 17.5 Å². The second-order valence-corrected chi connectivity index (χ2v) is 7.73. The van der Waals surface area contributed by atoms with Gasteiger partial charge in [-0.2, -0.15) is 0 Å². The second kappa shape index (κ2) is 6.47. The van der Waals surface area contributed by atoms with E-state index in [0.717, 1.165) is 16.7 Å². The Balaban J connectivity index is 1.83. The first-order chi connectivity index (χ1) is 12.8. The average molecular weight is 387 g/mol. The number of hydrogen-bond donors (Lipinski definition) is 1. The van der Waals surface area contributed by atoms with Crippen LogP contribution in [0.3, 0.4) is 0 Å². The molecule has 1 fully saturated rings. The van der Waals surface area contributed by atoms with Crippen LogP contribution in [0.15, 0.2) is 42.2 Å². The van der Waals surface area contributed by atoms with E-state index in [1.54, 1.807) is 6.07 Å². The standard InChI is InChI=1S/C22H20ClFO3/c1-3-12-10-13(14-5-7-16(23)17(24)11-14)4-6-15(12)19-20(25)18-8-9-22(2,27-18)21(19)26/h4-7,10-11,18,26H,3,8-9H2,1-2H3. The lowest BCUT2D eigenvalue weighted by Crippen LogP contribution is -2.37. The Morgan fingerprint density at radius 3 is 2.67 bits per heavy atom. The number of benzene rings is 2. The number of Topliss-reactive ketones (excluding diaryl/α,β-unsaturated/α-hetero) is 1. The van der Waals surface area contributed by atoms with Gasteiger partial charge in [-0.3, -0.25) is 4.79 Å². The minimum absolute atomic E-state index is 0.0150. The molecule has 0 saturated carbocycles. The van der Waals surface area contributed by atoms with Crippen LogP contribution >= 0.6 is 11.6 Å². The van der Waals surface area contributed by atoms with Gasteiger partial charge >= 0.3 is 0 Å². The summed E-state index contributed by atoms with van der Waals surface area (Å²) in [5.41, 5.74) is 2.75. The van der Waals surface area contributed by atoms with Crippen molar-refractivity contribution in [2.45, 2.75) is 44.8 Å². The van der Waals surface area contributed by atoms with Crippen LogP contribution in [0.2, 0.25) is 5.02 Å². The first kappa shape index (κ1) is 18.2. The summed E-state index contributed by atoms with van der Waals surface area (Å²) >= 11 is 5.77. The molecule has 2 heterocycles. The van der Waals surface area contributed by atoms with Crippen molar-refractivity contribution in [2.75, 3.05) is 0 Å². The van der Waals surface area contributed by atoms with Crippen molar-refractivity contribution in [2.24, 2.45) is 0 Å². The van der Waals surface area contributed by atoms with Crippen molar-refractivity contribution in [3.63, 3.8) is 0 Å². The van der Waals surface area contributed by atoms with Gasteiger partial charge in [0.1, 0.15) is 23.3 Å². The van der Waals surface area contributed by atoms with E-state index in [1.165, 1.54) is 12.1 Å². The number of aliphatic hydroxyl groups is 1. The molecule has 3 nitrogen and oxygen atoms in total. The van der Waals surface area contributed by atoms with Crippen LogP contribution in [0, 0.1) is 5.82 Å². The number of carbonyl (C=O) groups excluding carboxylic acids is 1. The molecule has 5 heteroatoms. The smallest absolute Gasteiger partial charge is 0.195 e. The molecule has 0 aromatic heterocycles. The Kier molecular flexibility index (Phi) is 4.36. The lowest BCUT2D eigenvalue weighted by molar-refractivity contribution is -0.130. The number of aryl methyl sites for hydroxylation is 1. The maximum absolute atomic E-state index is 13.8. The number of aliphatic hydroxyl groups excluding tert-OH is 1. The van der Waals surface area contributed by atoms with E-state index in [2.05, 4.69) is 0 Å². The number of halogens is 2. The van der Waals surface area contributed by atoms with Gasteiger partial charge in [0.25, 0.3) is 0 Å². The number of hydrogen-bond acceptors (Lipinski definition) is 3. The van der Waals surface area contributed by atoms with E-state index in [-0.39, 0.29) is 16.6 Å². The highest BCUT2D eigenvalue weighted by Gasteiger charge is 2.50. The van der Waals surface area contributed by atoms with Gasteiger partial charge in [-0.25, -0.2) is 4.39 Å². The summed E-state index contributed by atoms with van der Waals surface area (Å²) in [6, 6.07) is 10.3. The van der Waals surface area contributed by atoms with Crippen LogP contribution in [-0.4, -0.2) is 22.6 Å². The zero-order valence-electron chi connectivity index (χ0n) is 15.2. The van der Waals surface area contributed by atoms with E-state index in [0.29, 0.717) is 30.4 Å². The number of ketones is 1. The molecule has 0 radical (unpaired) electrons. The predicted octanol–water partition coefficient (Wildman–Crippen LogP) is 5.50. The molecule has 140 valence electrons. The molecule has 1 N–H and O–H groups in total. The average Bonchev–Trinajstić information content (AvgIpc) is 3.04. The summed E-state index contributed by atoms with van der Waals surface area (Å²) in [6.45, 7) is 3.81. The molecule has 1 saturated heterocycles. The molecule has 2 aromatic rings. The fraction of sp³-hybridized carbons (Fsp3) is 0.318. The molecule has 27 heavy (non-hydrogen) atoms. The molecule has 0 spiro atoms. The van der Waals surface area contributed by atoms with Crippen molar-refractivity contribution in [1.82, 2.24) is 0 Å². The molecule has 2 aromatic carbocycles. The zero-order chi connectivity index (χ0) is 19.3. The summed E-state index contributed by atoms with van der Waals surface area (Å²) < 4.78 is 19.6. The first-order valence-electron chi connectivity index (χ1n) is 9.08. The maximum atomic E-state index is 13.8. The van der Waals surface area contributed by atoms with E-state index >= 15 is 0 Å². The highest BCUT2D eigenvalue weighted by Crippen LogP contribution is 2.45. The molecular weight excluding hydrogens is 367 g/mol. The first-order valence-corrected chi connectivity index (χ1v) is 9.46. The van der Waals surface area contributed by atoms with Gasteiger partial charge in [0.05, 0.1) is 10.6 Å². The summed E-state index contributed by atoms with van der Waals surface area (Å²) in [7, 11) is 0. The van der Waals surface area contributed by atoms with Crippen molar-refractivity contribution < 1.29 is 19.0 Å². The highest BCUT2D eigenvalue weighted by atomic mass is 35.5. The third-order valence-corrected chi connectivity index (χ3v) is 5.88. The van der Waals surface area contributed by atoms with Gasteiger partial charge in [-0.15, -0.1) is 0 Å². The minimum Gasteiger partial charge on any atom is -0.508 e. The summed E-state index contributed by atoms with van der Waals surface area (Å²) in [4.78, 5) is 12.8. The highest BCUT2D eigenvalue weighted by molar-refractivity contribution is 6.30. The largest absolute Gasteiger partial charge is 0.508 e. The number of rotatable bonds is 3. The molecular formula is C22H20ClFO3. The van der Waals surface area contributed by atoms with Gasteiger partial charge in [0.15, 0.2) is 5.78 Å². The van der Waals surface area contributed by atoms with E-state index in [4.69, 9.17) is 16.3 Å². The third kappa shape index (κ3) is 2.88. The SMILES string of the molecule is CCc1cc(-c2ccc(Cl)c(F)c2)ccc1C1=C(O)C2(C)CCC(O2)C1=O. The van der Waals surface area contributed by atoms with Crippen LogP contribution in [0.5, 0.6) is 0 Å². The Morgan fingerprint density at radius 1 is 1.26 bits per heavy atom. The van der Waals surface area contributed by atoms with Crippen LogP contribution in [-0.2, 0) is 16.0 Å². The lowest BCUT2D eigenvalue weighted by atomic mass is 9.87. The zero-order valence-corrected chi connectivity index (χ0v) is 15.9. The summed E-state index contributed by atoms with van der Waals surface area (Å²) in [6.07, 6.45) is 1.43. The predicted molar refractivity (Wildman–Crippen MR) is 103 cm³/mol. The van der Waals surface area contributed by atoms with Gasteiger partial charge in [0.2, 0.25) is 0 Å². The Bertz CT molecular complexity index is 982. The van der Waals surface area contributed by atoms with Crippen molar-refractivity contribution in [3.8, 4) is 11.1 Å². The molecule has 0 aliphatic carbocycles. The fourth-order valence-electron chi connectivity index (χ4n) is 3.98. The Morgan fingerprint density at radius 2 is 1.96 bits per heavy atom. The van der Waals surface area contributed by atoms with Gasteiger partial charge in [-0.1, -0.05) is 42.8 Å². The van der Waals surface area contributed by atoms with Crippen molar-refractivity contribution in [1.29, 1.82) is 0 Å². The van der Waals surface area contributed by atoms with Crippen LogP contribution in [0.25, 0.3) is 16.7 Å². The number of fused-ring (bicyclic) bond motifs is 2. The minimum atomic E-state index is -0.795. The van der Waals surface area contributed by atoms with Gasteiger partial charge in [-0.05, 0) is 60.6 Å². The quantitative estimate of drug-likeness (QED) is 0.757. The van der Waals surface area contributed by atoms with Gasteiger partial charge < -0.3 is 9.84 Å². The third-order valence-electron chi connectivity index (χ3n) is 5.57.